The van der Waals surface area contributed by atoms with Crippen molar-refractivity contribution in [1.82, 2.24) is 5.32 Å². The molecule has 4 nitrogen and oxygen atoms in total. The maximum Gasteiger partial charge on any atom is 0.251 e. The van der Waals surface area contributed by atoms with E-state index in [1.165, 1.54) is 0 Å². The third-order valence-electron chi connectivity index (χ3n) is 3.71. The smallest absolute Gasteiger partial charge is 0.251 e. The number of amides is 1. The Bertz CT molecular complexity index is 465. The van der Waals surface area contributed by atoms with E-state index >= 15 is 0 Å². The minimum absolute atomic E-state index is 0.000917. The Morgan fingerprint density at radius 3 is 2.70 bits per heavy atom. The third kappa shape index (κ3) is 3.51. The van der Waals surface area contributed by atoms with Crippen molar-refractivity contribution in [2.45, 2.75) is 51.2 Å². The van der Waals surface area contributed by atoms with Gasteiger partial charge in [-0.3, -0.25) is 4.79 Å². The zero-order valence-electron chi connectivity index (χ0n) is 12.2. The molecule has 0 radical (unpaired) electrons. The minimum Gasteiger partial charge on any atom is -0.491 e. The SMILES string of the molecule is CC(C)Oc1cccc(C(=O)NC2(CO)CCCC2)c1. The minimum atomic E-state index is -0.438. The fraction of sp³-hybridized carbons (Fsp3) is 0.562. The van der Waals surface area contributed by atoms with Crippen molar-refractivity contribution >= 4 is 5.91 Å². The van der Waals surface area contributed by atoms with Crippen LogP contribution >= 0.6 is 0 Å². The molecule has 1 fully saturated rings. The first-order valence-electron chi connectivity index (χ1n) is 7.25. The van der Waals surface area contributed by atoms with Gasteiger partial charge in [-0.05, 0) is 44.9 Å². The second-order valence-corrected chi connectivity index (χ2v) is 5.79. The van der Waals surface area contributed by atoms with Gasteiger partial charge in [-0.15, -0.1) is 0 Å². The standard InChI is InChI=1S/C16H23NO3/c1-12(2)20-14-7-5-6-13(10-14)15(19)17-16(11-18)8-3-4-9-16/h5-7,10,12,18H,3-4,8-9,11H2,1-2H3,(H,17,19). The molecule has 4 heteroatoms. The number of carbonyl (C=O) groups is 1. The first-order valence-corrected chi connectivity index (χ1v) is 7.25. The molecule has 20 heavy (non-hydrogen) atoms. The molecule has 0 heterocycles. The highest BCUT2D eigenvalue weighted by Crippen LogP contribution is 2.29. The predicted octanol–water partition coefficient (Wildman–Crippen LogP) is 2.51. The van der Waals surface area contributed by atoms with Gasteiger partial charge in [0.25, 0.3) is 5.91 Å². The van der Waals surface area contributed by atoms with E-state index in [0.29, 0.717) is 11.3 Å². The highest BCUT2D eigenvalue weighted by molar-refractivity contribution is 5.95. The Labute approximate surface area is 120 Å². The summed E-state index contributed by atoms with van der Waals surface area (Å²) in [4.78, 5) is 12.3. The fourth-order valence-corrected chi connectivity index (χ4v) is 2.67. The second-order valence-electron chi connectivity index (χ2n) is 5.79. The molecule has 0 aromatic heterocycles. The molecular weight excluding hydrogens is 254 g/mol. The van der Waals surface area contributed by atoms with Crippen LogP contribution in [0.25, 0.3) is 0 Å². The lowest BCUT2D eigenvalue weighted by Gasteiger charge is -2.28. The van der Waals surface area contributed by atoms with Gasteiger partial charge in [0.2, 0.25) is 0 Å². The highest BCUT2D eigenvalue weighted by Gasteiger charge is 2.34. The molecule has 0 aliphatic heterocycles. The first kappa shape index (κ1) is 14.9. The van der Waals surface area contributed by atoms with Crippen LogP contribution < -0.4 is 10.1 Å². The van der Waals surface area contributed by atoms with Crippen LogP contribution in [-0.4, -0.2) is 29.3 Å². The molecule has 1 saturated carbocycles. The average molecular weight is 277 g/mol. The van der Waals surface area contributed by atoms with Gasteiger partial charge < -0.3 is 15.2 Å². The number of nitrogens with one attached hydrogen (secondary N) is 1. The number of rotatable bonds is 5. The Balaban J connectivity index is 2.08. The van der Waals surface area contributed by atoms with E-state index in [-0.39, 0.29) is 18.6 Å². The molecule has 1 aromatic rings. The molecule has 110 valence electrons. The number of aliphatic hydroxyl groups is 1. The molecule has 1 aromatic carbocycles. The largest absolute Gasteiger partial charge is 0.491 e. The quantitative estimate of drug-likeness (QED) is 0.869. The van der Waals surface area contributed by atoms with Crippen LogP contribution in [0.15, 0.2) is 24.3 Å². The number of hydrogen-bond donors (Lipinski definition) is 2. The number of aliphatic hydroxyl groups excluding tert-OH is 1. The van der Waals surface area contributed by atoms with Crippen molar-refractivity contribution in [2.75, 3.05) is 6.61 Å². The first-order chi connectivity index (χ1) is 9.54. The number of ether oxygens (including phenoxy) is 1. The summed E-state index contributed by atoms with van der Waals surface area (Å²) >= 11 is 0. The van der Waals surface area contributed by atoms with Crippen molar-refractivity contribution in [3.63, 3.8) is 0 Å². The van der Waals surface area contributed by atoms with Gasteiger partial charge in [-0.25, -0.2) is 0 Å². The summed E-state index contributed by atoms with van der Waals surface area (Å²) in [5.41, 5.74) is 0.134. The van der Waals surface area contributed by atoms with E-state index in [1.54, 1.807) is 12.1 Å². The summed E-state index contributed by atoms with van der Waals surface area (Å²) in [6.07, 6.45) is 3.87. The maximum atomic E-state index is 12.3. The topological polar surface area (TPSA) is 58.6 Å². The molecule has 1 aliphatic carbocycles. The second kappa shape index (κ2) is 6.27. The normalized spacial score (nSPS) is 17.2. The van der Waals surface area contributed by atoms with E-state index in [2.05, 4.69) is 5.32 Å². The van der Waals surface area contributed by atoms with E-state index < -0.39 is 5.54 Å². The van der Waals surface area contributed by atoms with E-state index in [9.17, 15) is 9.90 Å². The van der Waals surface area contributed by atoms with E-state index in [1.807, 2.05) is 26.0 Å². The summed E-state index contributed by atoms with van der Waals surface area (Å²) in [6, 6.07) is 7.17. The van der Waals surface area contributed by atoms with Gasteiger partial charge in [0.15, 0.2) is 0 Å². The zero-order chi connectivity index (χ0) is 14.6. The lowest BCUT2D eigenvalue weighted by atomic mass is 9.98. The molecule has 0 spiro atoms. The van der Waals surface area contributed by atoms with Crippen LogP contribution in [0, 0.1) is 0 Å². The molecule has 1 amide bonds. The summed E-state index contributed by atoms with van der Waals surface area (Å²) < 4.78 is 5.60. The van der Waals surface area contributed by atoms with E-state index in [0.717, 1.165) is 25.7 Å². The lowest BCUT2D eigenvalue weighted by molar-refractivity contribution is 0.0838. The fourth-order valence-electron chi connectivity index (χ4n) is 2.67. The molecule has 0 saturated heterocycles. The van der Waals surface area contributed by atoms with Crippen molar-refractivity contribution in [3.05, 3.63) is 29.8 Å². The van der Waals surface area contributed by atoms with Gasteiger partial charge >= 0.3 is 0 Å². The Kier molecular flexibility index (Phi) is 4.65. The van der Waals surface area contributed by atoms with Gasteiger partial charge in [0.1, 0.15) is 5.75 Å². The summed E-state index contributed by atoms with van der Waals surface area (Å²) in [6.45, 7) is 3.90. The summed E-state index contributed by atoms with van der Waals surface area (Å²) in [7, 11) is 0. The van der Waals surface area contributed by atoms with Crippen molar-refractivity contribution in [2.24, 2.45) is 0 Å². The van der Waals surface area contributed by atoms with Gasteiger partial charge in [0.05, 0.1) is 18.2 Å². The average Bonchev–Trinajstić information content (AvgIpc) is 2.87. The van der Waals surface area contributed by atoms with E-state index in [4.69, 9.17) is 4.74 Å². The van der Waals surface area contributed by atoms with Crippen LogP contribution in [0.5, 0.6) is 5.75 Å². The number of carbonyl (C=O) groups excluding carboxylic acids is 1. The molecule has 2 rings (SSSR count). The Morgan fingerprint density at radius 2 is 2.10 bits per heavy atom. The van der Waals surface area contributed by atoms with Gasteiger partial charge in [0, 0.05) is 5.56 Å². The number of benzene rings is 1. The molecule has 0 unspecified atom stereocenters. The van der Waals surface area contributed by atoms with Gasteiger partial charge in [-0.2, -0.15) is 0 Å². The number of hydrogen-bond acceptors (Lipinski definition) is 3. The van der Waals surface area contributed by atoms with Crippen LogP contribution in [0.1, 0.15) is 49.9 Å². The van der Waals surface area contributed by atoms with Crippen molar-refractivity contribution < 1.29 is 14.6 Å². The molecule has 1 aliphatic rings. The predicted molar refractivity (Wildman–Crippen MR) is 78.0 cm³/mol. The van der Waals surface area contributed by atoms with Crippen LogP contribution in [0.2, 0.25) is 0 Å². The third-order valence-corrected chi connectivity index (χ3v) is 3.71. The molecule has 2 N–H and O–H groups in total. The van der Waals surface area contributed by atoms with Crippen molar-refractivity contribution in [1.29, 1.82) is 0 Å². The molecule has 0 atom stereocenters. The van der Waals surface area contributed by atoms with Crippen LogP contribution in [0.3, 0.4) is 0 Å². The highest BCUT2D eigenvalue weighted by atomic mass is 16.5. The lowest BCUT2D eigenvalue weighted by Crippen LogP contribution is -2.49. The Hall–Kier alpha value is -1.55. The zero-order valence-corrected chi connectivity index (χ0v) is 12.2. The van der Waals surface area contributed by atoms with Gasteiger partial charge in [-0.1, -0.05) is 18.9 Å². The maximum absolute atomic E-state index is 12.3. The van der Waals surface area contributed by atoms with Crippen LogP contribution in [-0.2, 0) is 0 Å². The Morgan fingerprint density at radius 1 is 1.40 bits per heavy atom. The summed E-state index contributed by atoms with van der Waals surface area (Å²) in [5, 5.41) is 12.5. The molecular formula is C16H23NO3. The van der Waals surface area contributed by atoms with Crippen LogP contribution in [0.4, 0.5) is 0 Å². The summed E-state index contributed by atoms with van der Waals surface area (Å²) in [5.74, 6) is 0.548. The molecule has 0 bridgehead atoms. The van der Waals surface area contributed by atoms with Crippen molar-refractivity contribution in [3.8, 4) is 5.75 Å². The monoisotopic (exact) mass is 277 g/mol.